The molecule has 0 unspecified atom stereocenters. The van der Waals surface area contributed by atoms with E-state index in [1.165, 1.54) is 43.1 Å². The molecule has 8 aromatic rings. The molecule has 250 valence electrons. The van der Waals surface area contributed by atoms with Crippen molar-refractivity contribution in [3.8, 4) is 33.6 Å². The van der Waals surface area contributed by atoms with Crippen molar-refractivity contribution >= 4 is 43.9 Å². The largest absolute Gasteiger partial charge is 0.456 e. The molecule has 10 rings (SSSR count). The van der Waals surface area contributed by atoms with Crippen LogP contribution < -0.4 is 4.90 Å². The Bertz CT molecular complexity index is 2620. The van der Waals surface area contributed by atoms with E-state index in [1.807, 2.05) is 18.2 Å². The number of hydrogen-bond donors (Lipinski definition) is 0. The van der Waals surface area contributed by atoms with E-state index in [9.17, 15) is 0 Å². The lowest BCUT2D eigenvalue weighted by Gasteiger charge is -2.29. The van der Waals surface area contributed by atoms with Crippen LogP contribution in [-0.2, 0) is 5.41 Å². The van der Waals surface area contributed by atoms with Gasteiger partial charge in [0.05, 0.1) is 10.2 Å². The Morgan fingerprint density at radius 1 is 0.673 bits per heavy atom. The van der Waals surface area contributed by atoms with E-state index in [-0.39, 0.29) is 11.3 Å². The Labute approximate surface area is 307 Å². The molecule has 0 spiro atoms. The van der Waals surface area contributed by atoms with Crippen LogP contribution in [0.3, 0.4) is 0 Å². The number of anilines is 2. The van der Waals surface area contributed by atoms with Crippen LogP contribution in [0, 0.1) is 0 Å². The van der Waals surface area contributed by atoms with Crippen molar-refractivity contribution in [2.24, 2.45) is 0 Å². The van der Waals surface area contributed by atoms with Gasteiger partial charge in [-0.05, 0) is 113 Å². The van der Waals surface area contributed by atoms with Crippen LogP contribution >= 0.6 is 11.3 Å². The minimum absolute atomic E-state index is 0.00204. The fourth-order valence-electron chi connectivity index (χ4n) is 8.06. The molecule has 4 heteroatoms. The first-order valence-electron chi connectivity index (χ1n) is 18.0. The molecule has 0 bridgehead atoms. The molecular formula is C48H36N2OS. The van der Waals surface area contributed by atoms with Crippen molar-refractivity contribution in [2.75, 3.05) is 4.90 Å². The standard InChI is InChI=1S/C48H36N2OS/c1-48(2)41-11-5-4-10-39(41)40-29-34(21-28-42(40)48)31-15-22-36(23-16-31)50(37-24-17-32(18-25-37)45-30-35-9-3-7-13-44(35)51-45)38-26-19-33(20-27-38)47-49-43-12-6-8-14-46(43)52-47/h3-19,21-30,33H,20H2,1-2H3/t33-/m0/s1. The van der Waals surface area contributed by atoms with Gasteiger partial charge in [-0.2, -0.15) is 0 Å². The van der Waals surface area contributed by atoms with Crippen molar-refractivity contribution < 1.29 is 4.42 Å². The SMILES string of the molecule is CC1(C)c2ccccc2-c2cc(-c3ccc(N(C4=CC[C@@H](c5nc6ccccc6s5)C=C4)c4ccc(-c5cc6ccccc6o5)cc4)cc3)ccc21. The summed E-state index contributed by atoms with van der Waals surface area (Å²) in [6.07, 6.45) is 7.84. The van der Waals surface area contributed by atoms with E-state index in [4.69, 9.17) is 9.40 Å². The minimum Gasteiger partial charge on any atom is -0.456 e. The summed E-state index contributed by atoms with van der Waals surface area (Å²) in [5.74, 6) is 1.13. The maximum absolute atomic E-state index is 6.20. The van der Waals surface area contributed by atoms with Gasteiger partial charge in [0.15, 0.2) is 0 Å². The predicted molar refractivity (Wildman–Crippen MR) is 217 cm³/mol. The van der Waals surface area contributed by atoms with E-state index >= 15 is 0 Å². The first kappa shape index (κ1) is 30.8. The van der Waals surface area contributed by atoms with Crippen LogP contribution in [0.2, 0.25) is 0 Å². The van der Waals surface area contributed by atoms with Crippen LogP contribution in [0.4, 0.5) is 11.4 Å². The number of hydrogen-bond acceptors (Lipinski definition) is 4. The number of thiazole rings is 1. The molecule has 0 aliphatic heterocycles. The van der Waals surface area contributed by atoms with Gasteiger partial charge in [-0.1, -0.05) is 105 Å². The van der Waals surface area contributed by atoms with E-state index in [2.05, 4.69) is 164 Å². The first-order valence-corrected chi connectivity index (χ1v) is 18.8. The smallest absolute Gasteiger partial charge is 0.135 e. The fraction of sp³-hybridized carbons (Fsp3) is 0.104. The monoisotopic (exact) mass is 688 g/mol. The number of fused-ring (bicyclic) bond motifs is 5. The highest BCUT2D eigenvalue weighted by Crippen LogP contribution is 2.49. The zero-order chi connectivity index (χ0) is 34.8. The van der Waals surface area contributed by atoms with Crippen LogP contribution in [0.5, 0.6) is 0 Å². The van der Waals surface area contributed by atoms with Crippen molar-refractivity contribution in [1.82, 2.24) is 4.98 Å². The van der Waals surface area contributed by atoms with Crippen molar-refractivity contribution in [1.29, 1.82) is 0 Å². The maximum atomic E-state index is 6.20. The number of aromatic nitrogens is 1. The number of benzene rings is 6. The molecule has 2 aromatic heterocycles. The first-order chi connectivity index (χ1) is 25.5. The maximum Gasteiger partial charge on any atom is 0.135 e. The summed E-state index contributed by atoms with van der Waals surface area (Å²) in [5.41, 5.74) is 14.3. The summed E-state index contributed by atoms with van der Waals surface area (Å²) >= 11 is 1.80. The fourth-order valence-corrected chi connectivity index (χ4v) is 9.12. The van der Waals surface area contributed by atoms with Crippen LogP contribution in [0.1, 0.15) is 42.3 Å². The van der Waals surface area contributed by atoms with Gasteiger partial charge < -0.3 is 9.32 Å². The molecule has 52 heavy (non-hydrogen) atoms. The summed E-state index contributed by atoms with van der Waals surface area (Å²) in [6, 6.07) is 52.3. The second-order valence-electron chi connectivity index (χ2n) is 14.4. The van der Waals surface area contributed by atoms with Gasteiger partial charge in [0, 0.05) is 39.4 Å². The lowest BCUT2D eigenvalue weighted by molar-refractivity contribution is 0.631. The average molecular weight is 689 g/mol. The summed E-state index contributed by atoms with van der Waals surface area (Å²) in [7, 11) is 0. The zero-order valence-corrected chi connectivity index (χ0v) is 29.9. The highest BCUT2D eigenvalue weighted by Gasteiger charge is 2.35. The number of para-hydroxylation sites is 2. The van der Waals surface area contributed by atoms with E-state index < -0.39 is 0 Å². The van der Waals surface area contributed by atoms with Crippen molar-refractivity contribution in [2.45, 2.75) is 31.6 Å². The van der Waals surface area contributed by atoms with Crippen LogP contribution in [0.25, 0.3) is 54.8 Å². The Morgan fingerprint density at radius 2 is 1.37 bits per heavy atom. The summed E-state index contributed by atoms with van der Waals surface area (Å²) in [6.45, 7) is 4.67. The van der Waals surface area contributed by atoms with Gasteiger partial charge in [0.2, 0.25) is 0 Å². The summed E-state index contributed by atoms with van der Waals surface area (Å²) in [4.78, 5) is 7.33. The zero-order valence-electron chi connectivity index (χ0n) is 29.1. The van der Waals surface area contributed by atoms with E-state index in [0.29, 0.717) is 0 Å². The van der Waals surface area contributed by atoms with Crippen LogP contribution in [0.15, 0.2) is 174 Å². The molecule has 0 amide bonds. The Hall–Kier alpha value is -5.97. The Kier molecular flexibility index (Phi) is 7.16. The normalized spacial score (nSPS) is 15.8. The molecule has 2 aliphatic rings. The molecule has 2 heterocycles. The highest BCUT2D eigenvalue weighted by atomic mass is 32.1. The van der Waals surface area contributed by atoms with Crippen LogP contribution in [-0.4, -0.2) is 4.98 Å². The van der Waals surface area contributed by atoms with Crippen molar-refractivity contribution in [3.63, 3.8) is 0 Å². The number of allylic oxidation sites excluding steroid dienone is 3. The summed E-state index contributed by atoms with van der Waals surface area (Å²) in [5, 5.41) is 2.28. The molecule has 0 N–H and O–H groups in total. The number of nitrogens with zero attached hydrogens (tertiary/aromatic N) is 2. The minimum atomic E-state index is 0.00204. The number of rotatable bonds is 6. The average Bonchev–Trinajstić information content (AvgIpc) is 3.89. The van der Waals surface area contributed by atoms with Gasteiger partial charge in [0.1, 0.15) is 16.4 Å². The molecule has 0 saturated heterocycles. The summed E-state index contributed by atoms with van der Waals surface area (Å²) < 4.78 is 7.44. The molecular weight excluding hydrogens is 653 g/mol. The quantitative estimate of drug-likeness (QED) is 0.174. The van der Waals surface area contributed by atoms with Crippen molar-refractivity contribution in [3.05, 3.63) is 186 Å². The number of furan rings is 1. The molecule has 6 aromatic carbocycles. The predicted octanol–water partition coefficient (Wildman–Crippen LogP) is 13.4. The van der Waals surface area contributed by atoms with E-state index in [1.54, 1.807) is 11.3 Å². The lowest BCUT2D eigenvalue weighted by Crippen LogP contribution is -2.17. The third-order valence-corrected chi connectivity index (χ3v) is 12.0. The van der Waals surface area contributed by atoms with Gasteiger partial charge in [-0.15, -0.1) is 11.3 Å². The second-order valence-corrected chi connectivity index (χ2v) is 15.4. The molecule has 0 fully saturated rings. The third kappa shape index (κ3) is 5.13. The molecule has 2 aliphatic carbocycles. The topological polar surface area (TPSA) is 29.3 Å². The molecule has 3 nitrogen and oxygen atoms in total. The Balaban J connectivity index is 0.994. The third-order valence-electron chi connectivity index (χ3n) is 10.8. The van der Waals surface area contributed by atoms with Gasteiger partial charge in [-0.3, -0.25) is 0 Å². The molecule has 0 radical (unpaired) electrons. The lowest BCUT2D eigenvalue weighted by atomic mass is 9.82. The highest BCUT2D eigenvalue weighted by molar-refractivity contribution is 7.18. The van der Waals surface area contributed by atoms with Gasteiger partial charge in [-0.25, -0.2) is 4.98 Å². The Morgan fingerprint density at radius 3 is 2.13 bits per heavy atom. The molecule has 1 atom stereocenters. The van der Waals surface area contributed by atoms with Gasteiger partial charge >= 0.3 is 0 Å². The second kappa shape index (κ2) is 12.1. The van der Waals surface area contributed by atoms with E-state index in [0.717, 1.165) is 51.3 Å². The molecule has 0 saturated carbocycles. The van der Waals surface area contributed by atoms with Gasteiger partial charge in [0.25, 0.3) is 0 Å².